The highest BCUT2D eigenvalue weighted by Crippen LogP contribution is 2.16. The van der Waals surface area contributed by atoms with Gasteiger partial charge < -0.3 is 5.11 Å². The van der Waals surface area contributed by atoms with Crippen molar-refractivity contribution < 1.29 is 5.11 Å². The third-order valence-electron chi connectivity index (χ3n) is 3.34. The fourth-order valence-electron chi connectivity index (χ4n) is 2.22. The first-order chi connectivity index (χ1) is 10.3. The minimum Gasteiger partial charge on any atom is -0.395 e. The maximum Gasteiger partial charge on any atom is 0.141 e. The Morgan fingerprint density at radius 3 is 2.62 bits per heavy atom. The van der Waals surface area contributed by atoms with Crippen molar-refractivity contribution in [2.24, 2.45) is 0 Å². The number of hydrogen-bond acceptors (Lipinski definition) is 5. The maximum absolute atomic E-state index is 9.26. The van der Waals surface area contributed by atoms with Gasteiger partial charge in [0.2, 0.25) is 0 Å². The molecule has 1 aromatic heterocycles. The van der Waals surface area contributed by atoms with Crippen molar-refractivity contribution in [3.05, 3.63) is 42.0 Å². The Morgan fingerprint density at radius 2 is 2.00 bits per heavy atom. The van der Waals surface area contributed by atoms with E-state index in [9.17, 15) is 5.11 Å². The predicted octanol–water partition coefficient (Wildman–Crippen LogP) is 2.01. The Balaban J connectivity index is 2.04. The molecule has 5 nitrogen and oxygen atoms in total. The third-order valence-corrected chi connectivity index (χ3v) is 4.09. The Hall–Kier alpha value is -1.37. The van der Waals surface area contributed by atoms with Crippen LogP contribution < -0.4 is 0 Å². The first kappa shape index (κ1) is 16.0. The molecule has 2 aromatic rings. The molecule has 6 heteroatoms. The molecule has 0 aliphatic rings. The van der Waals surface area contributed by atoms with Crippen LogP contribution in [0.2, 0.25) is 0 Å². The summed E-state index contributed by atoms with van der Waals surface area (Å²) in [5.41, 5.74) is 1.24. The van der Waals surface area contributed by atoms with Gasteiger partial charge >= 0.3 is 0 Å². The molecule has 0 aliphatic carbocycles. The number of nitrogens with zero attached hydrogens (tertiary/aromatic N) is 4. The van der Waals surface area contributed by atoms with E-state index in [2.05, 4.69) is 52.4 Å². The quantitative estimate of drug-likeness (QED) is 0.756. The molecule has 0 spiro atoms. The van der Waals surface area contributed by atoms with Gasteiger partial charge in [-0.15, -0.1) is 11.8 Å². The van der Waals surface area contributed by atoms with Gasteiger partial charge in [0, 0.05) is 24.5 Å². The van der Waals surface area contributed by atoms with Crippen LogP contribution in [-0.2, 0) is 19.6 Å². The van der Waals surface area contributed by atoms with Crippen molar-refractivity contribution in [1.82, 2.24) is 19.7 Å². The summed E-state index contributed by atoms with van der Waals surface area (Å²) in [5.74, 6) is 0.937. The van der Waals surface area contributed by atoms with Crippen LogP contribution in [0.1, 0.15) is 18.3 Å². The van der Waals surface area contributed by atoms with E-state index in [0.717, 1.165) is 18.9 Å². The summed E-state index contributed by atoms with van der Waals surface area (Å²) >= 11 is 1.74. The molecule has 114 valence electrons. The second-order valence-corrected chi connectivity index (χ2v) is 5.65. The third kappa shape index (κ3) is 4.56. The molecule has 0 fully saturated rings. The maximum atomic E-state index is 9.26. The van der Waals surface area contributed by atoms with Crippen LogP contribution in [0.15, 0.2) is 35.5 Å². The zero-order valence-corrected chi connectivity index (χ0v) is 13.4. The Bertz CT molecular complexity index is 541. The van der Waals surface area contributed by atoms with Crippen LogP contribution in [0.4, 0.5) is 0 Å². The summed E-state index contributed by atoms with van der Waals surface area (Å²) in [6.45, 7) is 5.12. The average Bonchev–Trinajstić information content (AvgIpc) is 2.95. The van der Waals surface area contributed by atoms with E-state index in [1.54, 1.807) is 18.1 Å². The lowest BCUT2D eigenvalue weighted by atomic mass is 10.2. The zero-order chi connectivity index (χ0) is 15.1. The number of aromatic nitrogens is 3. The van der Waals surface area contributed by atoms with Gasteiger partial charge in [0.05, 0.1) is 13.2 Å². The smallest absolute Gasteiger partial charge is 0.141 e. The highest BCUT2D eigenvalue weighted by atomic mass is 32.2. The first-order valence-electron chi connectivity index (χ1n) is 7.09. The number of aryl methyl sites for hydroxylation is 1. The standard InChI is InChI=1S/C15H22N4OS/c1-3-19-15(16-12-17-19)11-18(8-9-20)10-13-4-6-14(21-2)7-5-13/h4-7,12,20H,3,8-11H2,1-2H3. The van der Waals surface area contributed by atoms with Gasteiger partial charge in [0.15, 0.2) is 0 Å². The largest absolute Gasteiger partial charge is 0.395 e. The van der Waals surface area contributed by atoms with E-state index >= 15 is 0 Å². The molecule has 0 amide bonds. The van der Waals surface area contributed by atoms with Crippen LogP contribution in [0.5, 0.6) is 0 Å². The van der Waals surface area contributed by atoms with Gasteiger partial charge in [-0.3, -0.25) is 4.90 Å². The van der Waals surface area contributed by atoms with E-state index in [-0.39, 0.29) is 6.61 Å². The molecule has 0 saturated heterocycles. The number of hydrogen-bond donors (Lipinski definition) is 1. The molecule has 0 aliphatic heterocycles. The number of aliphatic hydroxyl groups is 1. The lowest BCUT2D eigenvalue weighted by Crippen LogP contribution is -2.27. The van der Waals surface area contributed by atoms with Gasteiger partial charge in [-0.25, -0.2) is 9.67 Å². The van der Waals surface area contributed by atoms with E-state index in [1.165, 1.54) is 10.5 Å². The normalized spacial score (nSPS) is 11.2. The summed E-state index contributed by atoms with van der Waals surface area (Å²) in [4.78, 5) is 7.75. The Kier molecular flexibility index (Phi) is 6.22. The predicted molar refractivity (Wildman–Crippen MR) is 85.1 cm³/mol. The number of thioether (sulfide) groups is 1. The zero-order valence-electron chi connectivity index (χ0n) is 12.6. The van der Waals surface area contributed by atoms with Gasteiger partial charge in [0.1, 0.15) is 12.2 Å². The summed E-state index contributed by atoms with van der Waals surface area (Å²) in [6, 6.07) is 8.54. The molecular formula is C15H22N4OS. The van der Waals surface area contributed by atoms with Crippen molar-refractivity contribution in [2.45, 2.75) is 31.5 Å². The molecule has 2 rings (SSSR count). The van der Waals surface area contributed by atoms with Crippen molar-refractivity contribution in [3.63, 3.8) is 0 Å². The Labute approximate surface area is 130 Å². The fourth-order valence-corrected chi connectivity index (χ4v) is 2.63. The molecular weight excluding hydrogens is 284 g/mol. The topological polar surface area (TPSA) is 54.2 Å². The van der Waals surface area contributed by atoms with E-state index in [1.807, 2.05) is 4.68 Å². The highest BCUT2D eigenvalue weighted by molar-refractivity contribution is 7.98. The summed E-state index contributed by atoms with van der Waals surface area (Å²) in [7, 11) is 0. The lowest BCUT2D eigenvalue weighted by Gasteiger charge is -2.21. The Morgan fingerprint density at radius 1 is 1.24 bits per heavy atom. The number of benzene rings is 1. The van der Waals surface area contributed by atoms with Crippen LogP contribution >= 0.6 is 11.8 Å². The summed E-state index contributed by atoms with van der Waals surface area (Å²) in [5, 5.41) is 13.5. The number of aliphatic hydroxyl groups excluding tert-OH is 1. The molecule has 0 unspecified atom stereocenters. The second-order valence-electron chi connectivity index (χ2n) is 4.77. The van der Waals surface area contributed by atoms with Crippen molar-refractivity contribution >= 4 is 11.8 Å². The van der Waals surface area contributed by atoms with Crippen LogP contribution in [0.3, 0.4) is 0 Å². The van der Waals surface area contributed by atoms with Crippen molar-refractivity contribution in [1.29, 1.82) is 0 Å². The molecule has 0 atom stereocenters. The van der Waals surface area contributed by atoms with Gasteiger partial charge in [-0.2, -0.15) is 5.10 Å². The SMILES string of the molecule is CCn1ncnc1CN(CCO)Cc1ccc(SC)cc1. The summed E-state index contributed by atoms with van der Waals surface area (Å²) < 4.78 is 1.89. The summed E-state index contributed by atoms with van der Waals surface area (Å²) in [6.07, 6.45) is 3.66. The van der Waals surface area contributed by atoms with Crippen LogP contribution in [-0.4, -0.2) is 44.2 Å². The van der Waals surface area contributed by atoms with E-state index < -0.39 is 0 Å². The van der Waals surface area contributed by atoms with Crippen molar-refractivity contribution in [2.75, 3.05) is 19.4 Å². The van der Waals surface area contributed by atoms with E-state index in [4.69, 9.17) is 0 Å². The fraction of sp³-hybridized carbons (Fsp3) is 0.467. The second kappa shape index (κ2) is 8.17. The number of rotatable bonds is 8. The van der Waals surface area contributed by atoms with Gasteiger partial charge in [0.25, 0.3) is 0 Å². The molecule has 0 radical (unpaired) electrons. The molecule has 1 aromatic carbocycles. The minimum atomic E-state index is 0.142. The molecule has 1 heterocycles. The molecule has 0 saturated carbocycles. The molecule has 1 N–H and O–H groups in total. The van der Waals surface area contributed by atoms with Gasteiger partial charge in [-0.05, 0) is 30.9 Å². The lowest BCUT2D eigenvalue weighted by molar-refractivity contribution is 0.179. The van der Waals surface area contributed by atoms with Crippen molar-refractivity contribution in [3.8, 4) is 0 Å². The van der Waals surface area contributed by atoms with E-state index in [0.29, 0.717) is 13.1 Å². The monoisotopic (exact) mass is 306 g/mol. The molecule has 21 heavy (non-hydrogen) atoms. The van der Waals surface area contributed by atoms with Crippen LogP contribution in [0.25, 0.3) is 0 Å². The average molecular weight is 306 g/mol. The van der Waals surface area contributed by atoms with Crippen LogP contribution in [0, 0.1) is 0 Å². The highest BCUT2D eigenvalue weighted by Gasteiger charge is 2.11. The molecule has 0 bridgehead atoms. The first-order valence-corrected chi connectivity index (χ1v) is 8.32. The minimum absolute atomic E-state index is 0.142. The van der Waals surface area contributed by atoms with Gasteiger partial charge in [-0.1, -0.05) is 12.1 Å².